The van der Waals surface area contributed by atoms with Gasteiger partial charge in [-0.1, -0.05) is 57.2 Å². The van der Waals surface area contributed by atoms with Gasteiger partial charge in [0.05, 0.1) is 12.6 Å². The third-order valence-corrected chi connectivity index (χ3v) is 7.94. The molecule has 0 bridgehead atoms. The van der Waals surface area contributed by atoms with Crippen molar-refractivity contribution in [3.05, 3.63) is 92.7 Å². The van der Waals surface area contributed by atoms with Crippen molar-refractivity contribution in [2.45, 2.75) is 45.6 Å². The van der Waals surface area contributed by atoms with Crippen LogP contribution >= 0.6 is 11.3 Å². The van der Waals surface area contributed by atoms with E-state index in [-0.39, 0.29) is 29.8 Å². The summed E-state index contributed by atoms with van der Waals surface area (Å²) in [5.74, 6) is -0.197. The summed E-state index contributed by atoms with van der Waals surface area (Å²) in [4.78, 5) is 32.2. The molecule has 0 aliphatic carbocycles. The number of thiophene rings is 1. The first-order valence-electron chi connectivity index (χ1n) is 12.5. The van der Waals surface area contributed by atoms with E-state index in [9.17, 15) is 9.59 Å². The smallest absolute Gasteiger partial charge is 0.254 e. The summed E-state index contributed by atoms with van der Waals surface area (Å²) in [6, 6.07) is 18.0. The second-order valence-corrected chi connectivity index (χ2v) is 11.4. The van der Waals surface area contributed by atoms with Gasteiger partial charge < -0.3 is 14.5 Å². The SMILES string of the molecule is COCCN(CC(=O)N1CCc2sccc2C1c1ccccc1C)C(=O)c1ccc(C(C)(C)C)cc1. The van der Waals surface area contributed by atoms with Crippen LogP contribution in [0, 0.1) is 6.92 Å². The van der Waals surface area contributed by atoms with E-state index < -0.39 is 0 Å². The zero-order valence-corrected chi connectivity index (χ0v) is 22.7. The van der Waals surface area contributed by atoms with Crippen molar-refractivity contribution in [1.82, 2.24) is 9.80 Å². The van der Waals surface area contributed by atoms with E-state index >= 15 is 0 Å². The number of hydrogen-bond acceptors (Lipinski definition) is 4. The third kappa shape index (κ3) is 5.55. The molecule has 0 fully saturated rings. The molecule has 5 nitrogen and oxygen atoms in total. The molecule has 1 aromatic heterocycles. The average Bonchev–Trinajstić information content (AvgIpc) is 3.34. The van der Waals surface area contributed by atoms with Crippen LogP contribution in [0.5, 0.6) is 0 Å². The lowest BCUT2D eigenvalue weighted by Crippen LogP contribution is -2.47. The van der Waals surface area contributed by atoms with E-state index in [1.807, 2.05) is 41.3 Å². The predicted octanol–water partition coefficient (Wildman–Crippen LogP) is 5.62. The van der Waals surface area contributed by atoms with Gasteiger partial charge in [-0.25, -0.2) is 0 Å². The Morgan fingerprint density at radius 3 is 2.44 bits per heavy atom. The van der Waals surface area contributed by atoms with Crippen LogP contribution in [0.2, 0.25) is 0 Å². The fourth-order valence-electron chi connectivity index (χ4n) is 4.82. The first-order valence-corrected chi connectivity index (χ1v) is 13.4. The Labute approximate surface area is 218 Å². The quantitative estimate of drug-likeness (QED) is 0.420. The molecule has 2 amide bonds. The van der Waals surface area contributed by atoms with Gasteiger partial charge >= 0.3 is 0 Å². The molecule has 2 aromatic carbocycles. The molecule has 0 saturated carbocycles. The van der Waals surface area contributed by atoms with Crippen LogP contribution < -0.4 is 0 Å². The lowest BCUT2D eigenvalue weighted by molar-refractivity contribution is -0.134. The molecule has 36 heavy (non-hydrogen) atoms. The van der Waals surface area contributed by atoms with Crippen LogP contribution in [0.4, 0.5) is 0 Å². The molecule has 0 spiro atoms. The van der Waals surface area contributed by atoms with Gasteiger partial charge in [-0.15, -0.1) is 11.3 Å². The number of hydrogen-bond donors (Lipinski definition) is 0. The number of fused-ring (bicyclic) bond motifs is 1. The molecule has 0 saturated heterocycles. The number of nitrogens with zero attached hydrogens (tertiary/aromatic N) is 2. The Kier molecular flexibility index (Phi) is 7.96. The number of aryl methyl sites for hydroxylation is 1. The Balaban J connectivity index is 1.60. The van der Waals surface area contributed by atoms with E-state index in [1.165, 1.54) is 16.0 Å². The molecule has 6 heteroatoms. The van der Waals surface area contributed by atoms with Crippen LogP contribution in [0.1, 0.15) is 64.3 Å². The Bertz CT molecular complexity index is 1210. The fraction of sp³-hybridized carbons (Fsp3) is 0.400. The van der Waals surface area contributed by atoms with Crippen LogP contribution in [0.15, 0.2) is 60.0 Å². The number of rotatable bonds is 7. The molecule has 0 radical (unpaired) electrons. The van der Waals surface area contributed by atoms with E-state index in [4.69, 9.17) is 4.74 Å². The van der Waals surface area contributed by atoms with E-state index in [0.717, 1.165) is 17.5 Å². The van der Waals surface area contributed by atoms with Gasteiger partial charge in [0.1, 0.15) is 6.54 Å². The second-order valence-electron chi connectivity index (χ2n) is 10.4. The van der Waals surface area contributed by atoms with Gasteiger partial charge in [-0.2, -0.15) is 0 Å². The standard InChI is InChI=1S/C30H36N2O3S/c1-21-8-6-7-9-24(21)28-25-15-19-36-26(25)14-16-32(28)27(33)20-31(17-18-35-5)29(34)22-10-12-23(13-11-22)30(2,3)4/h6-13,15,19,28H,14,16-18,20H2,1-5H3. The number of ether oxygens (including phenoxy) is 1. The lowest BCUT2D eigenvalue weighted by atomic mass is 9.86. The number of methoxy groups -OCH3 is 1. The van der Waals surface area contributed by atoms with Crippen molar-refractivity contribution in [3.63, 3.8) is 0 Å². The normalized spacial score (nSPS) is 15.5. The van der Waals surface area contributed by atoms with Crippen LogP contribution in [0.25, 0.3) is 0 Å². The van der Waals surface area contributed by atoms with Crippen molar-refractivity contribution in [2.24, 2.45) is 0 Å². The van der Waals surface area contributed by atoms with Crippen LogP contribution in [0.3, 0.4) is 0 Å². The maximum absolute atomic E-state index is 13.8. The van der Waals surface area contributed by atoms with Gasteiger partial charge in [-0.05, 0) is 64.6 Å². The number of benzene rings is 2. The van der Waals surface area contributed by atoms with Gasteiger partial charge in [-0.3, -0.25) is 9.59 Å². The molecule has 1 atom stereocenters. The van der Waals surface area contributed by atoms with Crippen molar-refractivity contribution >= 4 is 23.2 Å². The van der Waals surface area contributed by atoms with E-state index in [1.54, 1.807) is 23.3 Å². The predicted molar refractivity (Wildman–Crippen MR) is 146 cm³/mol. The van der Waals surface area contributed by atoms with E-state index in [2.05, 4.69) is 51.3 Å². The highest BCUT2D eigenvalue weighted by Crippen LogP contribution is 2.39. The minimum absolute atomic E-state index is 0.00658. The molecule has 1 unspecified atom stereocenters. The summed E-state index contributed by atoms with van der Waals surface area (Å²) in [6.45, 7) is 9.92. The lowest BCUT2D eigenvalue weighted by Gasteiger charge is -2.38. The molecular weight excluding hydrogens is 468 g/mol. The van der Waals surface area contributed by atoms with Gasteiger partial charge in [0.2, 0.25) is 5.91 Å². The fourth-order valence-corrected chi connectivity index (χ4v) is 5.72. The van der Waals surface area contributed by atoms with Crippen molar-refractivity contribution in [1.29, 1.82) is 0 Å². The van der Waals surface area contributed by atoms with Gasteiger partial charge in [0.15, 0.2) is 0 Å². The summed E-state index contributed by atoms with van der Waals surface area (Å²) < 4.78 is 5.27. The zero-order chi connectivity index (χ0) is 25.9. The molecule has 0 N–H and O–H groups in total. The highest BCUT2D eigenvalue weighted by Gasteiger charge is 2.34. The highest BCUT2D eigenvalue weighted by molar-refractivity contribution is 7.10. The highest BCUT2D eigenvalue weighted by atomic mass is 32.1. The Morgan fingerprint density at radius 2 is 1.78 bits per heavy atom. The van der Waals surface area contributed by atoms with Crippen LogP contribution in [-0.2, 0) is 21.4 Å². The topological polar surface area (TPSA) is 49.9 Å². The molecule has 1 aliphatic rings. The molecule has 190 valence electrons. The van der Waals surface area contributed by atoms with Crippen molar-refractivity contribution in [2.75, 3.05) is 33.4 Å². The summed E-state index contributed by atoms with van der Waals surface area (Å²) >= 11 is 1.75. The van der Waals surface area contributed by atoms with Gasteiger partial charge in [0, 0.05) is 30.6 Å². The maximum Gasteiger partial charge on any atom is 0.254 e. The molecular formula is C30H36N2O3S. The monoisotopic (exact) mass is 504 g/mol. The minimum Gasteiger partial charge on any atom is -0.383 e. The Morgan fingerprint density at radius 1 is 1.06 bits per heavy atom. The molecule has 4 rings (SSSR count). The first kappa shape index (κ1) is 26.1. The first-order chi connectivity index (χ1) is 17.2. The number of carbonyl (C=O) groups excluding carboxylic acids is 2. The molecule has 3 aromatic rings. The number of amides is 2. The number of carbonyl (C=O) groups is 2. The largest absolute Gasteiger partial charge is 0.383 e. The maximum atomic E-state index is 13.8. The molecule has 1 aliphatic heterocycles. The van der Waals surface area contributed by atoms with Gasteiger partial charge in [0.25, 0.3) is 5.91 Å². The summed E-state index contributed by atoms with van der Waals surface area (Å²) in [7, 11) is 1.61. The van der Waals surface area contributed by atoms with Crippen LogP contribution in [-0.4, -0.2) is 55.0 Å². The van der Waals surface area contributed by atoms with Crippen molar-refractivity contribution < 1.29 is 14.3 Å². The third-order valence-electron chi connectivity index (χ3n) is 6.95. The summed E-state index contributed by atoms with van der Waals surface area (Å²) in [5, 5.41) is 2.11. The second kappa shape index (κ2) is 11.0. The summed E-state index contributed by atoms with van der Waals surface area (Å²) in [6.07, 6.45) is 0.835. The minimum atomic E-state index is -0.151. The van der Waals surface area contributed by atoms with E-state index in [0.29, 0.717) is 25.3 Å². The van der Waals surface area contributed by atoms with Crippen molar-refractivity contribution in [3.8, 4) is 0 Å². The Hall–Kier alpha value is -2.96. The average molecular weight is 505 g/mol. The molecule has 2 heterocycles. The zero-order valence-electron chi connectivity index (χ0n) is 21.9. The summed E-state index contributed by atoms with van der Waals surface area (Å²) in [5.41, 5.74) is 5.25.